The third-order valence-electron chi connectivity index (χ3n) is 4.37. The van der Waals surface area contributed by atoms with E-state index >= 15 is 0 Å². The molecular weight excluding hydrogens is 315 g/mol. The van der Waals surface area contributed by atoms with E-state index in [-0.39, 0.29) is 11.6 Å². The molecule has 3 nitrogen and oxygen atoms in total. The lowest BCUT2D eigenvalue weighted by molar-refractivity contribution is 0.103. The van der Waals surface area contributed by atoms with E-state index in [0.717, 1.165) is 11.4 Å². The van der Waals surface area contributed by atoms with Crippen LogP contribution in [0.2, 0.25) is 0 Å². The number of carbonyl (C=O) groups excluding carboxylic acids is 1. The topological polar surface area (TPSA) is 25.2 Å². The highest BCUT2D eigenvalue weighted by molar-refractivity contribution is 6.08. The van der Waals surface area contributed by atoms with Crippen LogP contribution in [0.5, 0.6) is 0 Å². The molecule has 127 valence electrons. The van der Waals surface area contributed by atoms with Crippen molar-refractivity contribution in [2.24, 2.45) is 7.05 Å². The number of anilines is 1. The molecule has 0 aliphatic rings. The lowest BCUT2D eigenvalue weighted by atomic mass is 10.1. The smallest absolute Gasteiger partial charge is 0.209 e. The van der Waals surface area contributed by atoms with Crippen LogP contribution in [0.15, 0.2) is 54.6 Å². The maximum Gasteiger partial charge on any atom is 0.209 e. The fourth-order valence-corrected chi connectivity index (χ4v) is 2.80. The number of carbonyl (C=O) groups is 1. The van der Waals surface area contributed by atoms with Gasteiger partial charge in [0.1, 0.15) is 5.82 Å². The Bertz CT molecular complexity index is 895. The van der Waals surface area contributed by atoms with Crippen LogP contribution in [0.25, 0.3) is 0 Å². The second-order valence-corrected chi connectivity index (χ2v) is 6.23. The Morgan fingerprint density at radius 1 is 1.12 bits per heavy atom. The summed E-state index contributed by atoms with van der Waals surface area (Å²) in [5.74, 6) is -0.322. The van der Waals surface area contributed by atoms with Gasteiger partial charge in [0.15, 0.2) is 0 Å². The van der Waals surface area contributed by atoms with Crippen molar-refractivity contribution in [1.29, 1.82) is 0 Å². The number of hydrogen-bond acceptors (Lipinski definition) is 2. The van der Waals surface area contributed by atoms with Crippen LogP contribution in [-0.4, -0.2) is 24.4 Å². The molecular formula is C21H20FN2O. The van der Waals surface area contributed by atoms with Crippen LogP contribution in [0.4, 0.5) is 10.1 Å². The zero-order valence-corrected chi connectivity index (χ0v) is 14.6. The Kier molecular flexibility index (Phi) is 4.70. The van der Waals surface area contributed by atoms with E-state index in [2.05, 4.69) is 6.07 Å². The first-order valence-electron chi connectivity index (χ1n) is 8.08. The Labute approximate surface area is 147 Å². The van der Waals surface area contributed by atoms with Crippen molar-refractivity contribution in [2.75, 3.05) is 19.0 Å². The van der Waals surface area contributed by atoms with Crippen LogP contribution in [0, 0.1) is 11.9 Å². The van der Waals surface area contributed by atoms with E-state index < -0.39 is 0 Å². The molecule has 1 aromatic heterocycles. The second-order valence-electron chi connectivity index (χ2n) is 6.23. The zero-order chi connectivity index (χ0) is 18.0. The molecule has 0 bridgehead atoms. The van der Waals surface area contributed by atoms with Crippen LogP contribution in [0.1, 0.15) is 27.3 Å². The summed E-state index contributed by atoms with van der Waals surface area (Å²) in [6, 6.07) is 18.6. The van der Waals surface area contributed by atoms with Crippen molar-refractivity contribution >= 4 is 11.5 Å². The molecule has 2 aromatic carbocycles. The summed E-state index contributed by atoms with van der Waals surface area (Å²) < 4.78 is 15.7. The van der Waals surface area contributed by atoms with Gasteiger partial charge in [-0.2, -0.15) is 0 Å². The highest BCUT2D eigenvalue weighted by atomic mass is 19.1. The third kappa shape index (κ3) is 3.48. The minimum absolute atomic E-state index is 0.0408. The number of rotatable bonds is 5. The normalized spacial score (nSPS) is 10.7. The van der Waals surface area contributed by atoms with E-state index in [9.17, 15) is 9.18 Å². The van der Waals surface area contributed by atoms with Crippen LogP contribution in [-0.2, 0) is 13.5 Å². The Balaban J connectivity index is 1.85. The van der Waals surface area contributed by atoms with Crippen molar-refractivity contribution in [3.63, 3.8) is 0 Å². The van der Waals surface area contributed by atoms with Gasteiger partial charge in [-0.05, 0) is 54.1 Å². The largest absolute Gasteiger partial charge is 0.378 e. The standard InChI is InChI=1S/C21H20FN2O/c1-23(2)17-10-8-15(9-11-17)21(25)20-13-12-18(24(20)3)14-16-6-4-5-7-19(16)22/h4,6-13H,14H2,1-3H3. The highest BCUT2D eigenvalue weighted by Gasteiger charge is 2.15. The van der Waals surface area contributed by atoms with E-state index in [0.29, 0.717) is 23.2 Å². The van der Waals surface area contributed by atoms with Gasteiger partial charge in [0.2, 0.25) is 5.78 Å². The number of halogens is 1. The average Bonchev–Trinajstić information content (AvgIpc) is 2.97. The van der Waals surface area contributed by atoms with Gasteiger partial charge < -0.3 is 9.47 Å². The fourth-order valence-electron chi connectivity index (χ4n) is 2.80. The summed E-state index contributed by atoms with van der Waals surface area (Å²) in [5.41, 5.74) is 3.75. The van der Waals surface area contributed by atoms with Crippen molar-refractivity contribution in [3.8, 4) is 0 Å². The summed E-state index contributed by atoms with van der Waals surface area (Å²) in [4.78, 5) is 14.8. The van der Waals surface area contributed by atoms with Gasteiger partial charge in [0.25, 0.3) is 0 Å². The minimum Gasteiger partial charge on any atom is -0.378 e. The van der Waals surface area contributed by atoms with Crippen molar-refractivity contribution in [1.82, 2.24) is 4.57 Å². The van der Waals surface area contributed by atoms with E-state index in [1.165, 1.54) is 6.07 Å². The highest BCUT2D eigenvalue weighted by Crippen LogP contribution is 2.19. The predicted molar refractivity (Wildman–Crippen MR) is 97.7 cm³/mol. The monoisotopic (exact) mass is 335 g/mol. The molecule has 0 aliphatic heterocycles. The first kappa shape index (κ1) is 17.0. The van der Waals surface area contributed by atoms with Gasteiger partial charge in [-0.25, -0.2) is 4.39 Å². The van der Waals surface area contributed by atoms with Crippen molar-refractivity contribution in [3.05, 3.63) is 89.0 Å². The van der Waals surface area contributed by atoms with Gasteiger partial charge in [-0.15, -0.1) is 0 Å². The maximum atomic E-state index is 13.8. The molecule has 3 aromatic rings. The molecule has 1 radical (unpaired) electrons. The average molecular weight is 335 g/mol. The molecule has 0 N–H and O–H groups in total. The summed E-state index contributed by atoms with van der Waals surface area (Å²) in [7, 11) is 5.76. The summed E-state index contributed by atoms with van der Waals surface area (Å²) in [6.45, 7) is 0. The molecule has 1 heterocycles. The number of aromatic nitrogens is 1. The molecule has 0 fully saturated rings. The van der Waals surface area contributed by atoms with Crippen LogP contribution < -0.4 is 4.90 Å². The van der Waals surface area contributed by atoms with Gasteiger partial charge >= 0.3 is 0 Å². The maximum absolute atomic E-state index is 13.8. The molecule has 0 atom stereocenters. The summed E-state index contributed by atoms with van der Waals surface area (Å²) in [5, 5.41) is 0. The first-order valence-corrected chi connectivity index (χ1v) is 8.08. The molecule has 0 saturated heterocycles. The van der Waals surface area contributed by atoms with Crippen molar-refractivity contribution < 1.29 is 9.18 Å². The molecule has 25 heavy (non-hydrogen) atoms. The zero-order valence-electron chi connectivity index (χ0n) is 14.6. The molecule has 3 rings (SSSR count). The SMILES string of the molecule is CN(C)c1ccc(C(=O)c2ccc(Cc3cc[c]cc3F)n2C)cc1. The number of nitrogens with zero attached hydrogens (tertiary/aromatic N) is 2. The molecule has 0 unspecified atom stereocenters. The molecule has 0 spiro atoms. The van der Waals surface area contributed by atoms with Gasteiger partial charge in [-0.1, -0.05) is 12.1 Å². The van der Waals surface area contributed by atoms with Gasteiger partial charge in [0, 0.05) is 44.5 Å². The number of hydrogen-bond donors (Lipinski definition) is 0. The Hall–Kier alpha value is -2.88. The van der Waals surface area contributed by atoms with Crippen LogP contribution >= 0.6 is 0 Å². The molecule has 0 amide bonds. The molecule has 4 heteroatoms. The quantitative estimate of drug-likeness (QED) is 0.662. The first-order chi connectivity index (χ1) is 12.0. The van der Waals surface area contributed by atoms with E-state index in [1.807, 2.05) is 60.9 Å². The number of ketones is 1. The summed E-state index contributed by atoms with van der Waals surface area (Å²) in [6.07, 6.45) is 0.434. The lowest BCUT2D eigenvalue weighted by Gasteiger charge is -2.12. The van der Waals surface area contributed by atoms with Gasteiger partial charge in [-0.3, -0.25) is 4.79 Å². The molecule has 0 aliphatic carbocycles. The third-order valence-corrected chi connectivity index (χ3v) is 4.37. The predicted octanol–water partition coefficient (Wildman–Crippen LogP) is 3.85. The Morgan fingerprint density at radius 2 is 1.84 bits per heavy atom. The van der Waals surface area contributed by atoms with Gasteiger partial charge in [0.05, 0.1) is 5.69 Å². The van der Waals surface area contributed by atoms with Crippen LogP contribution in [0.3, 0.4) is 0 Å². The summed E-state index contributed by atoms with van der Waals surface area (Å²) >= 11 is 0. The lowest BCUT2D eigenvalue weighted by Crippen LogP contribution is -2.11. The Morgan fingerprint density at radius 3 is 2.48 bits per heavy atom. The van der Waals surface area contributed by atoms with E-state index in [4.69, 9.17) is 0 Å². The minimum atomic E-state index is -0.282. The molecule has 0 saturated carbocycles. The number of benzene rings is 2. The fraction of sp³-hybridized carbons (Fsp3) is 0.190. The van der Waals surface area contributed by atoms with E-state index in [1.54, 1.807) is 18.2 Å². The second kappa shape index (κ2) is 6.93. The van der Waals surface area contributed by atoms with Crippen molar-refractivity contribution in [2.45, 2.75) is 6.42 Å².